The van der Waals surface area contributed by atoms with Crippen LogP contribution in [0.3, 0.4) is 0 Å². The molecule has 0 saturated heterocycles. The van der Waals surface area contributed by atoms with Crippen LogP contribution in [0.25, 0.3) is 0 Å². The highest BCUT2D eigenvalue weighted by molar-refractivity contribution is 5.97. The first-order valence-corrected chi connectivity index (χ1v) is 18.0. The number of carboxylic acids is 2. The molecule has 0 radical (unpaired) electrons. The molecule has 0 aliphatic heterocycles. The number of hydrogen-bond acceptors (Lipinski definition) is 8. The Morgan fingerprint density at radius 2 is 0.885 bits per heavy atom. The topological polar surface area (TPSA) is 246 Å². The summed E-state index contributed by atoms with van der Waals surface area (Å²) in [5.41, 5.74) is 6.65. The molecule has 0 bridgehead atoms. The zero-order valence-electron chi connectivity index (χ0n) is 31.7. The maximum absolute atomic E-state index is 13.8. The number of rotatable bonds is 23. The fraction of sp³-hybridized carbons (Fsp3) is 0.649. The highest BCUT2D eigenvalue weighted by atomic mass is 16.4. The van der Waals surface area contributed by atoms with E-state index in [0.29, 0.717) is 12.0 Å². The molecule has 0 saturated carbocycles. The van der Waals surface area contributed by atoms with Crippen LogP contribution < -0.4 is 32.3 Å². The van der Waals surface area contributed by atoms with Gasteiger partial charge in [0.1, 0.15) is 30.2 Å². The molecule has 52 heavy (non-hydrogen) atoms. The van der Waals surface area contributed by atoms with E-state index in [1.807, 2.05) is 55.4 Å². The van der Waals surface area contributed by atoms with Gasteiger partial charge in [-0.2, -0.15) is 0 Å². The molecule has 0 aliphatic rings. The first kappa shape index (κ1) is 45.5. The van der Waals surface area contributed by atoms with Crippen LogP contribution in [0.15, 0.2) is 30.3 Å². The van der Waals surface area contributed by atoms with Gasteiger partial charge in [0.25, 0.3) is 0 Å². The molecular weight excluding hydrogens is 672 g/mol. The Morgan fingerprint density at radius 3 is 1.31 bits per heavy atom. The molecule has 1 aromatic rings. The van der Waals surface area contributed by atoms with E-state index in [9.17, 15) is 43.8 Å². The SMILES string of the molecule is CC(C)C[C@H](NC(=O)[C@H](Cc1ccccc1)NC(=O)[C@H](CC(C)C)NC(=O)[C@H](CC(C)C)NC(=O)[C@H](CC(=O)O)NC(=O)[C@@H](N)CC(C)C)C(=O)O. The minimum absolute atomic E-state index is 0.0356. The van der Waals surface area contributed by atoms with Gasteiger partial charge in [-0.25, -0.2) is 4.79 Å². The lowest BCUT2D eigenvalue weighted by Gasteiger charge is -2.28. The number of hydrogen-bond donors (Lipinski definition) is 8. The molecule has 9 N–H and O–H groups in total. The summed E-state index contributed by atoms with van der Waals surface area (Å²) in [7, 11) is 0. The van der Waals surface area contributed by atoms with Crippen molar-refractivity contribution >= 4 is 41.5 Å². The Labute approximate surface area is 307 Å². The highest BCUT2D eigenvalue weighted by Gasteiger charge is 2.34. The number of carbonyl (C=O) groups excluding carboxylic acids is 5. The lowest BCUT2D eigenvalue weighted by atomic mass is 9.98. The Bertz CT molecular complexity index is 1350. The zero-order valence-corrected chi connectivity index (χ0v) is 31.7. The highest BCUT2D eigenvalue weighted by Crippen LogP contribution is 2.12. The van der Waals surface area contributed by atoms with E-state index < -0.39 is 84.1 Å². The van der Waals surface area contributed by atoms with Gasteiger partial charge in [0.15, 0.2) is 0 Å². The first-order chi connectivity index (χ1) is 24.2. The number of carbonyl (C=O) groups is 7. The molecule has 292 valence electrons. The molecule has 0 unspecified atom stereocenters. The van der Waals surface area contributed by atoms with Crippen molar-refractivity contribution in [3.63, 3.8) is 0 Å². The van der Waals surface area contributed by atoms with E-state index in [4.69, 9.17) is 5.73 Å². The van der Waals surface area contributed by atoms with Gasteiger partial charge in [0.05, 0.1) is 12.5 Å². The van der Waals surface area contributed by atoms with E-state index in [1.165, 1.54) is 0 Å². The minimum atomic E-state index is -1.52. The summed E-state index contributed by atoms with van der Waals surface area (Å²) in [6, 6.07) is 1.59. The maximum Gasteiger partial charge on any atom is 0.326 e. The molecule has 6 atom stereocenters. The normalized spacial score (nSPS) is 14.9. The first-order valence-electron chi connectivity index (χ1n) is 18.0. The lowest BCUT2D eigenvalue weighted by Crippen LogP contribution is -2.60. The minimum Gasteiger partial charge on any atom is -0.481 e. The van der Waals surface area contributed by atoms with E-state index in [-0.39, 0.29) is 49.4 Å². The summed E-state index contributed by atoms with van der Waals surface area (Å²) in [6.45, 7) is 14.7. The Kier molecular flexibility index (Phi) is 19.6. The third-order valence-electron chi connectivity index (χ3n) is 7.99. The van der Waals surface area contributed by atoms with Crippen molar-refractivity contribution in [2.24, 2.45) is 29.4 Å². The summed E-state index contributed by atoms with van der Waals surface area (Å²) < 4.78 is 0. The van der Waals surface area contributed by atoms with E-state index in [1.54, 1.807) is 30.3 Å². The van der Waals surface area contributed by atoms with Crippen LogP contribution in [-0.4, -0.2) is 87.9 Å². The summed E-state index contributed by atoms with van der Waals surface area (Å²) in [4.78, 5) is 90.7. The fourth-order valence-electron chi connectivity index (χ4n) is 5.52. The van der Waals surface area contributed by atoms with Crippen LogP contribution in [0.2, 0.25) is 0 Å². The van der Waals surface area contributed by atoms with Crippen LogP contribution in [0, 0.1) is 23.7 Å². The molecule has 15 heteroatoms. The number of nitrogens with two attached hydrogens (primary N) is 1. The standard InChI is InChI=1S/C37H60N6O9/c1-20(2)14-25(38)32(46)39-29(19-31(44)45)36(50)41-26(15-21(3)4)33(47)40-27(16-22(5)6)34(48)42-28(18-24-12-10-9-11-13-24)35(49)43-30(37(51)52)17-23(7)8/h9-13,20-23,25-30H,14-19,38H2,1-8H3,(H,39,46)(H,40,47)(H,41,50)(H,42,48)(H,43,49)(H,44,45)(H,51,52)/t25-,26-,27-,28-,29-,30-/m0/s1. The average Bonchev–Trinajstić information content (AvgIpc) is 3.02. The van der Waals surface area contributed by atoms with Crippen LogP contribution in [0.5, 0.6) is 0 Å². The molecule has 5 amide bonds. The molecule has 0 spiro atoms. The molecule has 15 nitrogen and oxygen atoms in total. The van der Waals surface area contributed by atoms with Crippen LogP contribution in [0.1, 0.15) is 93.1 Å². The van der Waals surface area contributed by atoms with Crippen molar-refractivity contribution < 1.29 is 43.8 Å². The number of aliphatic carboxylic acids is 2. The second kappa shape index (κ2) is 22.4. The van der Waals surface area contributed by atoms with Gasteiger partial charge in [-0.1, -0.05) is 85.7 Å². The molecule has 1 aromatic carbocycles. The smallest absolute Gasteiger partial charge is 0.326 e. The second-order valence-electron chi connectivity index (χ2n) is 15.1. The monoisotopic (exact) mass is 732 g/mol. The maximum atomic E-state index is 13.8. The van der Waals surface area contributed by atoms with Crippen molar-refractivity contribution in [3.05, 3.63) is 35.9 Å². The van der Waals surface area contributed by atoms with E-state index in [2.05, 4.69) is 26.6 Å². The Hall–Kier alpha value is -4.53. The predicted molar refractivity (Wildman–Crippen MR) is 195 cm³/mol. The summed E-state index contributed by atoms with van der Waals surface area (Å²) in [5, 5.41) is 32.1. The largest absolute Gasteiger partial charge is 0.481 e. The van der Waals surface area contributed by atoms with Gasteiger partial charge < -0.3 is 42.5 Å². The molecule has 0 aromatic heterocycles. The molecule has 1 rings (SSSR count). The summed E-state index contributed by atoms with van der Waals surface area (Å²) >= 11 is 0. The summed E-state index contributed by atoms with van der Waals surface area (Å²) in [5.74, 6) is -6.52. The average molecular weight is 733 g/mol. The number of amides is 5. The van der Waals surface area contributed by atoms with Crippen LogP contribution >= 0.6 is 0 Å². The Morgan fingerprint density at radius 1 is 0.519 bits per heavy atom. The van der Waals surface area contributed by atoms with Gasteiger partial charge in [0.2, 0.25) is 29.5 Å². The molecule has 0 fully saturated rings. The van der Waals surface area contributed by atoms with Crippen molar-refractivity contribution in [2.75, 3.05) is 0 Å². The van der Waals surface area contributed by atoms with Crippen molar-refractivity contribution in [1.29, 1.82) is 0 Å². The van der Waals surface area contributed by atoms with Gasteiger partial charge in [0, 0.05) is 6.42 Å². The molecular formula is C37H60N6O9. The van der Waals surface area contributed by atoms with Gasteiger partial charge >= 0.3 is 11.9 Å². The van der Waals surface area contributed by atoms with Gasteiger partial charge in [-0.05, 0) is 54.9 Å². The number of benzene rings is 1. The van der Waals surface area contributed by atoms with Crippen molar-refractivity contribution in [3.8, 4) is 0 Å². The second-order valence-corrected chi connectivity index (χ2v) is 15.1. The van der Waals surface area contributed by atoms with E-state index in [0.717, 1.165) is 0 Å². The number of nitrogens with one attached hydrogen (secondary N) is 5. The quantitative estimate of drug-likeness (QED) is 0.0810. The van der Waals surface area contributed by atoms with Crippen LogP contribution in [-0.2, 0) is 40.0 Å². The van der Waals surface area contributed by atoms with Crippen molar-refractivity contribution in [1.82, 2.24) is 26.6 Å². The third-order valence-corrected chi connectivity index (χ3v) is 7.99. The van der Waals surface area contributed by atoms with Crippen LogP contribution in [0.4, 0.5) is 0 Å². The van der Waals surface area contributed by atoms with Gasteiger partial charge in [-0.3, -0.25) is 28.8 Å². The zero-order chi connectivity index (χ0) is 39.7. The lowest BCUT2D eigenvalue weighted by molar-refractivity contribution is -0.143. The van der Waals surface area contributed by atoms with Gasteiger partial charge in [-0.15, -0.1) is 0 Å². The fourth-order valence-corrected chi connectivity index (χ4v) is 5.52. The molecule has 0 aliphatic carbocycles. The molecule has 0 heterocycles. The Balaban J connectivity index is 3.33. The number of carboxylic acid groups (broad SMARTS) is 2. The summed E-state index contributed by atoms with van der Waals surface area (Å²) in [6.07, 6.45) is 0.0138. The van der Waals surface area contributed by atoms with E-state index >= 15 is 0 Å². The predicted octanol–water partition coefficient (Wildman–Crippen LogP) is 1.72. The van der Waals surface area contributed by atoms with Crippen molar-refractivity contribution in [2.45, 2.75) is 130 Å². The third kappa shape index (κ3) is 17.6.